The highest BCUT2D eigenvalue weighted by Gasteiger charge is 2.68. The minimum absolute atomic E-state index is 0.0344. The van der Waals surface area contributed by atoms with Crippen molar-refractivity contribution in [3.8, 4) is 0 Å². The van der Waals surface area contributed by atoms with Crippen LogP contribution in [0.3, 0.4) is 0 Å². The highest BCUT2D eigenvalue weighted by molar-refractivity contribution is 5.96. The molecule has 250 valence electrons. The molecule has 3 N–H and O–H groups in total. The monoisotopic (exact) mass is 642 g/mol. The van der Waals surface area contributed by atoms with Crippen LogP contribution in [0.5, 0.6) is 0 Å². The first kappa shape index (κ1) is 32.1. The van der Waals surface area contributed by atoms with Crippen molar-refractivity contribution in [1.29, 1.82) is 0 Å². The Bertz CT molecular complexity index is 1430. The number of aliphatic carboxylic acids is 1. The summed E-state index contributed by atoms with van der Waals surface area (Å²) in [4.78, 5) is 69.1. The van der Waals surface area contributed by atoms with Crippen LogP contribution in [0.4, 0.5) is 14.0 Å². The molecule has 0 aromatic heterocycles. The fourth-order valence-electron chi connectivity index (χ4n) is 7.59. The van der Waals surface area contributed by atoms with E-state index in [9.17, 15) is 33.5 Å². The largest absolute Gasteiger partial charge is 0.479 e. The zero-order valence-electron chi connectivity index (χ0n) is 26.6. The lowest BCUT2D eigenvalue weighted by atomic mass is 10.0. The van der Waals surface area contributed by atoms with Gasteiger partial charge in [-0.05, 0) is 69.4 Å². The van der Waals surface area contributed by atoms with Crippen molar-refractivity contribution in [2.45, 2.75) is 115 Å². The molecule has 2 aliphatic carbocycles. The lowest BCUT2D eigenvalue weighted by molar-refractivity contribution is -0.146. The highest BCUT2D eigenvalue weighted by Crippen LogP contribution is 2.61. The SMILES string of the molecule is CC(C)(C)OC(=O)N[C@H]1CCCCC[C@@H]2C[C@@H]2C2C[C@@]2(C(=O)O)NC(=O)[C@@H]2C[C@@H](OC(=O)N3Cc4cccc(F)c4C3)CN2C1=O. The van der Waals surface area contributed by atoms with Crippen LogP contribution in [-0.2, 0) is 36.9 Å². The maximum absolute atomic E-state index is 14.3. The Labute approximate surface area is 267 Å². The van der Waals surface area contributed by atoms with Crippen molar-refractivity contribution < 1.29 is 42.9 Å². The van der Waals surface area contributed by atoms with E-state index < -0.39 is 65.1 Å². The van der Waals surface area contributed by atoms with Crippen molar-refractivity contribution in [2.24, 2.45) is 17.8 Å². The minimum Gasteiger partial charge on any atom is -0.479 e. The number of carbonyl (C=O) groups excluding carboxylic acids is 4. The van der Waals surface area contributed by atoms with Crippen LogP contribution < -0.4 is 10.6 Å². The molecule has 2 saturated carbocycles. The number of alkyl carbamates (subject to hydrolysis) is 1. The van der Waals surface area contributed by atoms with Gasteiger partial charge in [0.1, 0.15) is 35.1 Å². The van der Waals surface area contributed by atoms with Gasteiger partial charge in [0.05, 0.1) is 13.1 Å². The van der Waals surface area contributed by atoms with Crippen LogP contribution in [0.25, 0.3) is 0 Å². The second-order valence-electron chi connectivity index (χ2n) is 14.6. The van der Waals surface area contributed by atoms with Gasteiger partial charge in [0.15, 0.2) is 0 Å². The Morgan fingerprint density at radius 3 is 2.57 bits per heavy atom. The maximum Gasteiger partial charge on any atom is 0.410 e. The lowest BCUT2D eigenvalue weighted by Crippen LogP contribution is -2.56. The second-order valence-corrected chi connectivity index (χ2v) is 14.6. The molecule has 7 atom stereocenters. The molecule has 0 spiro atoms. The third-order valence-corrected chi connectivity index (χ3v) is 10.1. The third-order valence-electron chi connectivity index (χ3n) is 10.1. The van der Waals surface area contributed by atoms with Gasteiger partial charge in [0.25, 0.3) is 0 Å². The molecule has 5 aliphatic rings. The van der Waals surface area contributed by atoms with E-state index in [0.29, 0.717) is 36.3 Å². The number of fused-ring (bicyclic) bond motifs is 5. The molecule has 4 amide bonds. The van der Waals surface area contributed by atoms with Crippen LogP contribution in [0.1, 0.15) is 83.3 Å². The van der Waals surface area contributed by atoms with Gasteiger partial charge in [-0.2, -0.15) is 0 Å². The van der Waals surface area contributed by atoms with E-state index in [1.807, 2.05) is 0 Å². The van der Waals surface area contributed by atoms with E-state index in [-0.39, 0.29) is 37.9 Å². The summed E-state index contributed by atoms with van der Waals surface area (Å²) in [6.07, 6.45) is 2.55. The lowest BCUT2D eigenvalue weighted by Gasteiger charge is -2.30. The van der Waals surface area contributed by atoms with Gasteiger partial charge in [0.2, 0.25) is 11.8 Å². The number of nitrogens with zero attached hydrogens (tertiary/aromatic N) is 2. The van der Waals surface area contributed by atoms with E-state index in [4.69, 9.17) is 9.47 Å². The fraction of sp³-hybridized carbons (Fsp3) is 0.667. The predicted molar refractivity (Wildman–Crippen MR) is 160 cm³/mol. The molecule has 3 aliphatic heterocycles. The highest BCUT2D eigenvalue weighted by atomic mass is 19.1. The van der Waals surface area contributed by atoms with Crippen LogP contribution in [0.15, 0.2) is 18.2 Å². The molecular weight excluding hydrogens is 599 g/mol. The van der Waals surface area contributed by atoms with Crippen LogP contribution in [-0.4, -0.2) is 80.7 Å². The zero-order chi connectivity index (χ0) is 33.0. The van der Waals surface area contributed by atoms with E-state index in [1.54, 1.807) is 32.9 Å². The normalized spacial score (nSPS) is 32.4. The molecule has 13 heteroatoms. The molecule has 1 unspecified atom stereocenters. The van der Waals surface area contributed by atoms with Crippen LogP contribution >= 0.6 is 0 Å². The first-order valence-corrected chi connectivity index (χ1v) is 16.3. The molecule has 0 radical (unpaired) electrons. The summed E-state index contributed by atoms with van der Waals surface area (Å²) >= 11 is 0. The summed E-state index contributed by atoms with van der Waals surface area (Å²) in [5.74, 6) is -2.17. The van der Waals surface area contributed by atoms with Crippen LogP contribution in [0.2, 0.25) is 0 Å². The number of benzene rings is 1. The molecule has 6 rings (SSSR count). The Balaban J connectivity index is 1.22. The minimum atomic E-state index is -1.39. The molecule has 4 fully saturated rings. The molecular formula is C33H43FN4O8. The number of carboxylic acid groups (broad SMARTS) is 1. The standard InChI is InChI=1S/C33H43FN4O8/c1-32(2,3)46-30(43)35-25-11-6-4-5-8-18-12-21(18)23-14-33(23,29(41)42)36-27(39)26-13-20(16-38(26)28(25)40)45-31(44)37-15-19-9-7-10-24(34)22(19)17-37/h7,9-10,18,20-21,23,25-26H,4-6,8,11-17H2,1-3H3,(H,35,43)(H,36,39)(H,41,42)/t18-,20-,21+,23?,25+,26+,33-/m1/s1. The van der Waals surface area contributed by atoms with E-state index >= 15 is 0 Å². The number of carboxylic acids is 1. The summed E-state index contributed by atoms with van der Waals surface area (Å²) in [6, 6.07) is 2.52. The van der Waals surface area contributed by atoms with Gasteiger partial charge in [-0.15, -0.1) is 0 Å². The summed E-state index contributed by atoms with van der Waals surface area (Å²) in [7, 11) is 0. The molecule has 2 saturated heterocycles. The van der Waals surface area contributed by atoms with Gasteiger partial charge < -0.3 is 30.1 Å². The molecule has 12 nitrogen and oxygen atoms in total. The number of carbonyl (C=O) groups is 5. The van der Waals surface area contributed by atoms with Gasteiger partial charge in [0, 0.05) is 18.5 Å². The van der Waals surface area contributed by atoms with E-state index in [0.717, 1.165) is 25.7 Å². The van der Waals surface area contributed by atoms with Crippen LogP contribution in [0, 0.1) is 23.6 Å². The number of hydrogen-bond acceptors (Lipinski definition) is 7. The first-order chi connectivity index (χ1) is 21.8. The first-order valence-electron chi connectivity index (χ1n) is 16.3. The molecule has 3 heterocycles. The Kier molecular flexibility index (Phi) is 8.39. The number of hydrogen-bond donors (Lipinski definition) is 3. The van der Waals surface area contributed by atoms with Crippen molar-refractivity contribution in [2.75, 3.05) is 6.54 Å². The molecule has 46 heavy (non-hydrogen) atoms. The summed E-state index contributed by atoms with van der Waals surface area (Å²) in [5.41, 5.74) is -1.09. The molecule has 0 bridgehead atoms. The topological polar surface area (TPSA) is 155 Å². The smallest absolute Gasteiger partial charge is 0.410 e. The van der Waals surface area contributed by atoms with E-state index in [2.05, 4.69) is 10.6 Å². The Hall–Kier alpha value is -3.90. The number of ether oxygens (including phenoxy) is 2. The predicted octanol–water partition coefficient (Wildman–Crippen LogP) is 3.70. The molecule has 1 aromatic carbocycles. The third kappa shape index (κ3) is 6.50. The van der Waals surface area contributed by atoms with Crippen molar-refractivity contribution >= 4 is 30.0 Å². The zero-order valence-corrected chi connectivity index (χ0v) is 26.6. The summed E-state index contributed by atoms with van der Waals surface area (Å²) in [6.45, 7) is 5.22. The quantitative estimate of drug-likeness (QED) is 0.451. The van der Waals surface area contributed by atoms with Crippen molar-refractivity contribution in [3.63, 3.8) is 0 Å². The van der Waals surface area contributed by atoms with Gasteiger partial charge in [-0.3, -0.25) is 14.5 Å². The Morgan fingerprint density at radius 2 is 1.85 bits per heavy atom. The van der Waals surface area contributed by atoms with E-state index in [1.165, 1.54) is 15.9 Å². The average Bonchev–Trinajstić information content (AvgIpc) is 3.78. The van der Waals surface area contributed by atoms with Gasteiger partial charge in [-0.1, -0.05) is 37.8 Å². The number of halogens is 1. The summed E-state index contributed by atoms with van der Waals surface area (Å²) < 4.78 is 25.5. The molecule has 1 aromatic rings. The van der Waals surface area contributed by atoms with Crippen molar-refractivity contribution in [1.82, 2.24) is 20.4 Å². The average molecular weight is 643 g/mol. The summed E-state index contributed by atoms with van der Waals surface area (Å²) in [5, 5.41) is 15.7. The van der Waals surface area contributed by atoms with Crippen molar-refractivity contribution in [3.05, 3.63) is 35.1 Å². The maximum atomic E-state index is 14.3. The van der Waals surface area contributed by atoms with Gasteiger partial charge in [-0.25, -0.2) is 18.8 Å². The Morgan fingerprint density at radius 1 is 1.09 bits per heavy atom. The number of amides is 4. The second kappa shape index (κ2) is 12.0. The van der Waals surface area contributed by atoms with Gasteiger partial charge >= 0.3 is 18.2 Å². The number of nitrogens with one attached hydrogen (secondary N) is 2. The number of rotatable bonds is 3. The fourth-order valence-corrected chi connectivity index (χ4v) is 7.59.